The first-order chi connectivity index (χ1) is 14.4. The molecule has 9 heteroatoms. The van der Waals surface area contributed by atoms with Crippen molar-refractivity contribution in [3.8, 4) is 11.6 Å². The summed E-state index contributed by atoms with van der Waals surface area (Å²) >= 11 is 0. The number of pyridine rings is 1. The first-order valence-electron chi connectivity index (χ1n) is 8.93. The number of rotatable bonds is 7. The number of alkyl halides is 3. The number of aliphatic imine (C=N–C) groups is 1. The minimum Gasteiger partial charge on any atom is -0.473 e. The minimum absolute atomic E-state index is 0.0443. The second-order valence-corrected chi connectivity index (χ2v) is 6.11. The highest BCUT2D eigenvalue weighted by Crippen LogP contribution is 2.29. The third kappa shape index (κ3) is 6.40. The number of aromatic nitrogens is 1. The number of nitrogens with one attached hydrogen (secondary N) is 1. The van der Waals surface area contributed by atoms with E-state index in [9.17, 15) is 13.2 Å². The monoisotopic (exact) mass is 416 g/mol. The van der Waals surface area contributed by atoms with Crippen LogP contribution in [0.25, 0.3) is 0 Å². The van der Waals surface area contributed by atoms with Crippen molar-refractivity contribution in [2.45, 2.75) is 19.5 Å². The van der Waals surface area contributed by atoms with Gasteiger partial charge in [0.2, 0.25) is 5.88 Å². The summed E-state index contributed by atoms with van der Waals surface area (Å²) in [5, 5.41) is 2.62. The average Bonchev–Trinajstić information content (AvgIpc) is 2.72. The lowest BCUT2D eigenvalue weighted by Crippen LogP contribution is -2.24. The SMILES string of the molecule is NC(=NCc1cccnc1OCc1ccccc1)Nc1ccccc1OC(F)(F)F. The number of benzene rings is 2. The summed E-state index contributed by atoms with van der Waals surface area (Å²) in [4.78, 5) is 8.38. The topological polar surface area (TPSA) is 81.8 Å². The van der Waals surface area contributed by atoms with Crippen molar-refractivity contribution in [2.24, 2.45) is 10.7 Å². The van der Waals surface area contributed by atoms with Crippen molar-refractivity contribution < 1.29 is 22.6 Å². The summed E-state index contributed by atoms with van der Waals surface area (Å²) in [7, 11) is 0. The molecule has 1 heterocycles. The molecule has 0 bridgehead atoms. The summed E-state index contributed by atoms with van der Waals surface area (Å²) in [5.41, 5.74) is 7.55. The Kier molecular flexibility index (Phi) is 6.74. The third-order valence-electron chi connectivity index (χ3n) is 3.86. The van der Waals surface area contributed by atoms with E-state index in [4.69, 9.17) is 10.5 Å². The highest BCUT2D eigenvalue weighted by Gasteiger charge is 2.32. The van der Waals surface area contributed by atoms with E-state index in [0.717, 1.165) is 5.56 Å². The quantitative estimate of drug-likeness (QED) is 0.438. The number of anilines is 1. The molecule has 0 spiro atoms. The smallest absolute Gasteiger partial charge is 0.473 e. The van der Waals surface area contributed by atoms with Crippen LogP contribution in [0.15, 0.2) is 77.9 Å². The molecule has 3 rings (SSSR count). The fraction of sp³-hybridized carbons (Fsp3) is 0.143. The summed E-state index contributed by atoms with van der Waals surface area (Å²) in [6.07, 6.45) is -3.22. The van der Waals surface area contributed by atoms with Crippen LogP contribution in [0.1, 0.15) is 11.1 Å². The highest BCUT2D eigenvalue weighted by atomic mass is 19.4. The van der Waals surface area contributed by atoms with Crippen LogP contribution < -0.4 is 20.5 Å². The Labute approximate surface area is 171 Å². The van der Waals surface area contributed by atoms with Crippen molar-refractivity contribution in [1.29, 1.82) is 0 Å². The van der Waals surface area contributed by atoms with Crippen LogP contribution in [0, 0.1) is 0 Å². The van der Waals surface area contributed by atoms with E-state index < -0.39 is 12.1 Å². The molecular weight excluding hydrogens is 397 g/mol. The third-order valence-corrected chi connectivity index (χ3v) is 3.86. The zero-order chi connectivity index (χ0) is 21.4. The van der Waals surface area contributed by atoms with Gasteiger partial charge in [-0.2, -0.15) is 0 Å². The fourth-order valence-electron chi connectivity index (χ4n) is 2.53. The molecule has 0 aliphatic carbocycles. The summed E-state index contributed by atoms with van der Waals surface area (Å²) in [6, 6.07) is 18.7. The maximum atomic E-state index is 12.5. The molecular formula is C21H19F3N4O2. The summed E-state index contributed by atoms with van der Waals surface area (Å²) in [5.74, 6) is -0.0822. The van der Waals surface area contributed by atoms with Crippen LogP contribution in [-0.2, 0) is 13.2 Å². The Bertz CT molecular complexity index is 995. The number of guanidine groups is 1. The van der Waals surface area contributed by atoms with Gasteiger partial charge in [-0.05, 0) is 23.8 Å². The van der Waals surface area contributed by atoms with Gasteiger partial charge in [0.25, 0.3) is 0 Å². The molecule has 1 aromatic heterocycles. The Morgan fingerprint density at radius 3 is 2.50 bits per heavy atom. The summed E-state index contributed by atoms with van der Waals surface area (Å²) < 4.78 is 47.4. The fourth-order valence-corrected chi connectivity index (χ4v) is 2.53. The van der Waals surface area contributed by atoms with Gasteiger partial charge in [0, 0.05) is 11.8 Å². The Morgan fingerprint density at radius 2 is 1.73 bits per heavy atom. The van der Waals surface area contributed by atoms with Crippen molar-refractivity contribution in [3.63, 3.8) is 0 Å². The molecule has 0 fully saturated rings. The zero-order valence-electron chi connectivity index (χ0n) is 15.8. The highest BCUT2D eigenvalue weighted by molar-refractivity contribution is 5.93. The number of ether oxygens (including phenoxy) is 2. The van der Waals surface area contributed by atoms with Crippen LogP contribution in [0.3, 0.4) is 0 Å². The van der Waals surface area contributed by atoms with Crippen molar-refractivity contribution in [3.05, 3.63) is 84.1 Å². The first kappa shape index (κ1) is 21.0. The van der Waals surface area contributed by atoms with E-state index >= 15 is 0 Å². The lowest BCUT2D eigenvalue weighted by Gasteiger charge is -2.14. The van der Waals surface area contributed by atoms with Gasteiger partial charge in [-0.15, -0.1) is 13.2 Å². The van der Waals surface area contributed by atoms with Gasteiger partial charge in [0.15, 0.2) is 11.7 Å². The largest absolute Gasteiger partial charge is 0.573 e. The van der Waals surface area contributed by atoms with Crippen LogP contribution >= 0.6 is 0 Å². The Hall–Kier alpha value is -3.75. The molecule has 2 aromatic carbocycles. The van der Waals surface area contributed by atoms with E-state index in [2.05, 4.69) is 20.0 Å². The number of para-hydroxylation sites is 2. The number of nitrogens with zero attached hydrogens (tertiary/aromatic N) is 2. The molecule has 0 atom stereocenters. The maximum absolute atomic E-state index is 12.5. The number of halogens is 3. The van der Waals surface area contributed by atoms with Gasteiger partial charge in [0.1, 0.15) is 6.61 Å². The zero-order valence-corrected chi connectivity index (χ0v) is 15.8. The molecule has 0 aliphatic heterocycles. The van der Waals surface area contributed by atoms with E-state index in [1.54, 1.807) is 24.4 Å². The molecule has 6 nitrogen and oxygen atoms in total. The van der Waals surface area contributed by atoms with Gasteiger partial charge in [-0.25, -0.2) is 9.98 Å². The first-order valence-corrected chi connectivity index (χ1v) is 8.93. The van der Waals surface area contributed by atoms with Gasteiger partial charge in [-0.3, -0.25) is 0 Å². The number of hydrogen-bond acceptors (Lipinski definition) is 4. The van der Waals surface area contributed by atoms with E-state index in [1.807, 2.05) is 30.3 Å². The van der Waals surface area contributed by atoms with Gasteiger partial charge in [0.05, 0.1) is 12.2 Å². The number of hydrogen-bond donors (Lipinski definition) is 2. The molecule has 3 N–H and O–H groups in total. The van der Waals surface area contributed by atoms with Crippen LogP contribution in [-0.4, -0.2) is 17.3 Å². The maximum Gasteiger partial charge on any atom is 0.573 e. The second-order valence-electron chi connectivity index (χ2n) is 6.11. The number of nitrogens with two attached hydrogens (primary N) is 1. The standard InChI is InChI=1S/C21H19F3N4O2/c22-21(23,24)30-18-11-5-4-10-17(18)28-20(25)27-13-16-9-6-12-26-19(16)29-14-15-7-2-1-3-8-15/h1-12H,13-14H2,(H3,25,27,28). The summed E-state index contributed by atoms with van der Waals surface area (Å²) in [6.45, 7) is 0.462. The Balaban J connectivity index is 1.66. The van der Waals surface area contributed by atoms with Crippen LogP contribution in [0.5, 0.6) is 11.6 Å². The van der Waals surface area contributed by atoms with Gasteiger partial charge >= 0.3 is 6.36 Å². The lowest BCUT2D eigenvalue weighted by atomic mass is 10.2. The average molecular weight is 416 g/mol. The van der Waals surface area contributed by atoms with Crippen molar-refractivity contribution >= 4 is 11.6 Å². The molecule has 0 saturated carbocycles. The van der Waals surface area contributed by atoms with Crippen LogP contribution in [0.2, 0.25) is 0 Å². The second kappa shape index (κ2) is 9.64. The minimum atomic E-state index is -4.82. The molecule has 0 amide bonds. The molecule has 0 radical (unpaired) electrons. The lowest BCUT2D eigenvalue weighted by molar-refractivity contribution is -0.274. The molecule has 0 aliphatic rings. The van der Waals surface area contributed by atoms with E-state index in [0.29, 0.717) is 18.1 Å². The van der Waals surface area contributed by atoms with Gasteiger partial charge < -0.3 is 20.5 Å². The van der Waals surface area contributed by atoms with E-state index in [-0.39, 0.29) is 18.2 Å². The molecule has 0 unspecified atom stereocenters. The normalized spacial score (nSPS) is 11.8. The van der Waals surface area contributed by atoms with Crippen molar-refractivity contribution in [2.75, 3.05) is 5.32 Å². The molecule has 156 valence electrons. The van der Waals surface area contributed by atoms with E-state index in [1.165, 1.54) is 18.2 Å². The molecule has 3 aromatic rings. The van der Waals surface area contributed by atoms with Crippen molar-refractivity contribution in [1.82, 2.24) is 4.98 Å². The molecule has 0 saturated heterocycles. The van der Waals surface area contributed by atoms with Crippen LogP contribution in [0.4, 0.5) is 18.9 Å². The molecule has 30 heavy (non-hydrogen) atoms. The van der Waals surface area contributed by atoms with Gasteiger partial charge in [-0.1, -0.05) is 48.5 Å². The Morgan fingerprint density at radius 1 is 1.00 bits per heavy atom. The predicted octanol–water partition coefficient (Wildman–Crippen LogP) is 4.49. The predicted molar refractivity (Wildman–Crippen MR) is 107 cm³/mol.